The van der Waals surface area contributed by atoms with Crippen molar-refractivity contribution < 1.29 is 21.6 Å². The number of benzene rings is 2. The van der Waals surface area contributed by atoms with Gasteiger partial charge in [0, 0.05) is 17.1 Å². The summed E-state index contributed by atoms with van der Waals surface area (Å²) >= 11 is 0. The Morgan fingerprint density at radius 2 is 1.33 bits per heavy atom. The van der Waals surface area contributed by atoms with Crippen LogP contribution in [0, 0.1) is 6.92 Å². The third-order valence-corrected chi connectivity index (χ3v) is 6.76. The van der Waals surface area contributed by atoms with Crippen molar-refractivity contribution in [3.63, 3.8) is 0 Å². The summed E-state index contributed by atoms with van der Waals surface area (Å²) in [7, 11) is -6.84. The van der Waals surface area contributed by atoms with Gasteiger partial charge in [-0.25, -0.2) is 21.5 Å². The number of hydrazone groups is 1. The number of amides is 1. The summed E-state index contributed by atoms with van der Waals surface area (Å²) < 4.78 is 51.7. The smallest absolute Gasteiger partial charge is 0.280 e. The molecule has 3 aromatic rings. The summed E-state index contributed by atoms with van der Waals surface area (Å²) in [5.41, 5.74) is 3.20. The molecule has 0 bridgehead atoms. The molecule has 12 nitrogen and oxygen atoms in total. The third kappa shape index (κ3) is 6.53. The molecule has 0 saturated heterocycles. The predicted octanol–water partition coefficient (Wildman–Crippen LogP) is 2.58. The van der Waals surface area contributed by atoms with Gasteiger partial charge in [0.15, 0.2) is 0 Å². The molecule has 0 saturated carbocycles. The zero-order chi connectivity index (χ0) is 28.5. The van der Waals surface area contributed by atoms with Gasteiger partial charge in [0.1, 0.15) is 0 Å². The van der Waals surface area contributed by atoms with Crippen LogP contribution in [0.25, 0.3) is 11.8 Å². The molecular formula is C25H26N6O6S2. The summed E-state index contributed by atoms with van der Waals surface area (Å²) in [6.45, 7) is 3.43. The molecule has 1 aliphatic heterocycles. The van der Waals surface area contributed by atoms with Crippen LogP contribution < -0.4 is 20.0 Å². The summed E-state index contributed by atoms with van der Waals surface area (Å²) in [5, 5.41) is 8.51. The fraction of sp³-hybridized carbons (Fsp3) is 0.160. The van der Waals surface area contributed by atoms with Crippen LogP contribution in [0.4, 0.5) is 17.1 Å². The van der Waals surface area contributed by atoms with E-state index in [2.05, 4.69) is 19.6 Å². The van der Waals surface area contributed by atoms with E-state index in [1.165, 1.54) is 21.8 Å². The van der Waals surface area contributed by atoms with Gasteiger partial charge in [-0.05, 0) is 74.5 Å². The van der Waals surface area contributed by atoms with E-state index in [-0.39, 0.29) is 11.5 Å². The molecular weight excluding hydrogens is 544 g/mol. The normalized spacial score (nSPS) is 15.3. The first-order valence-electron chi connectivity index (χ1n) is 11.5. The Hall–Kier alpha value is -4.43. The van der Waals surface area contributed by atoms with Gasteiger partial charge in [-0.2, -0.15) is 10.1 Å². The molecule has 0 unspecified atom stereocenters. The van der Waals surface area contributed by atoms with Crippen LogP contribution in [0.15, 0.2) is 76.2 Å². The van der Waals surface area contributed by atoms with Crippen LogP contribution in [-0.4, -0.2) is 50.7 Å². The van der Waals surface area contributed by atoms with Crippen molar-refractivity contribution in [2.24, 2.45) is 5.10 Å². The van der Waals surface area contributed by atoms with Crippen molar-refractivity contribution in [3.8, 4) is 5.69 Å². The zero-order valence-electron chi connectivity index (χ0n) is 21.5. The van der Waals surface area contributed by atoms with Gasteiger partial charge < -0.3 is 0 Å². The second-order valence-electron chi connectivity index (χ2n) is 8.88. The van der Waals surface area contributed by atoms with Gasteiger partial charge in [0.05, 0.1) is 40.7 Å². The Kier molecular flexibility index (Phi) is 7.35. The molecule has 0 atom stereocenters. The molecule has 3 N–H and O–H groups in total. The maximum atomic E-state index is 13.0. The Balaban J connectivity index is 1.52. The highest BCUT2D eigenvalue weighted by atomic mass is 32.2. The lowest BCUT2D eigenvalue weighted by atomic mass is 10.1. The molecule has 1 aliphatic rings. The Bertz CT molecular complexity index is 1800. The van der Waals surface area contributed by atoms with Crippen LogP contribution in [0.5, 0.6) is 0 Å². The van der Waals surface area contributed by atoms with Crippen LogP contribution in [0.1, 0.15) is 18.2 Å². The molecule has 1 aromatic heterocycles. The van der Waals surface area contributed by atoms with Gasteiger partial charge in [0.2, 0.25) is 20.0 Å². The molecule has 39 heavy (non-hydrogen) atoms. The number of nitrogens with one attached hydrogen (secondary N) is 3. The Morgan fingerprint density at radius 3 is 1.85 bits per heavy atom. The first kappa shape index (κ1) is 27.6. The lowest BCUT2D eigenvalue weighted by Crippen LogP contribution is -2.21. The van der Waals surface area contributed by atoms with E-state index in [1.807, 2.05) is 0 Å². The number of aryl methyl sites for hydroxylation is 1. The molecule has 4 rings (SSSR count). The predicted molar refractivity (Wildman–Crippen MR) is 152 cm³/mol. The third-order valence-electron chi connectivity index (χ3n) is 5.55. The SMILES string of the molecule is CC1=NN(c2ccc(NS(C)(=O)=O)cc2)C(=O)C1=CC=Cc1c(C)[nH]n(-c2ccc(NS(C)(=O)=O)cc2)c1=O. The summed E-state index contributed by atoms with van der Waals surface area (Å²) in [5.74, 6) is -0.369. The summed E-state index contributed by atoms with van der Waals surface area (Å²) in [6.07, 6.45) is 6.85. The topological polar surface area (TPSA) is 163 Å². The molecule has 204 valence electrons. The van der Waals surface area contributed by atoms with Crippen molar-refractivity contribution >= 4 is 54.8 Å². The first-order valence-corrected chi connectivity index (χ1v) is 15.3. The van der Waals surface area contributed by atoms with Crippen LogP contribution in [-0.2, 0) is 24.8 Å². The number of carbonyl (C=O) groups is 1. The number of hydrogen-bond donors (Lipinski definition) is 3. The minimum absolute atomic E-state index is 0.321. The van der Waals surface area contributed by atoms with Crippen molar-refractivity contribution in [1.29, 1.82) is 0 Å². The molecule has 1 amide bonds. The first-order chi connectivity index (χ1) is 18.2. The highest BCUT2D eigenvalue weighted by Gasteiger charge is 2.28. The van der Waals surface area contributed by atoms with E-state index in [0.717, 1.165) is 12.5 Å². The fourth-order valence-electron chi connectivity index (χ4n) is 3.84. The molecule has 2 aromatic carbocycles. The van der Waals surface area contributed by atoms with Crippen molar-refractivity contribution in [1.82, 2.24) is 9.78 Å². The van der Waals surface area contributed by atoms with E-state index in [0.29, 0.717) is 45.3 Å². The van der Waals surface area contributed by atoms with E-state index < -0.39 is 20.0 Å². The minimum Gasteiger partial charge on any atom is -0.295 e. The second-order valence-corrected chi connectivity index (χ2v) is 12.4. The molecule has 2 heterocycles. The molecule has 14 heteroatoms. The second kappa shape index (κ2) is 10.4. The number of nitrogens with zero attached hydrogens (tertiary/aromatic N) is 3. The van der Waals surface area contributed by atoms with Crippen molar-refractivity contribution in [3.05, 3.63) is 87.9 Å². The lowest BCUT2D eigenvalue weighted by molar-refractivity contribution is -0.114. The number of carbonyl (C=O) groups excluding carboxylic acids is 1. The largest absolute Gasteiger partial charge is 0.295 e. The minimum atomic E-state index is -3.42. The highest BCUT2D eigenvalue weighted by Crippen LogP contribution is 2.25. The molecule has 0 aliphatic carbocycles. The zero-order valence-corrected chi connectivity index (χ0v) is 23.1. The standard InChI is InChI=1S/C25H26N6O6S2/c1-16-22(24(32)30(26-16)20-12-8-18(9-13-20)28-38(3,34)35)6-5-7-23-17(2)27-31(25(23)33)21-14-10-19(11-15-21)29-39(4,36)37/h5-15,26,28-29H,1-4H3. The Morgan fingerprint density at radius 1 is 0.821 bits per heavy atom. The average Bonchev–Trinajstić information content (AvgIpc) is 3.28. The fourth-order valence-corrected chi connectivity index (χ4v) is 4.97. The van der Waals surface area contributed by atoms with Crippen molar-refractivity contribution in [2.75, 3.05) is 27.0 Å². The van der Waals surface area contributed by atoms with Crippen LogP contribution in [0.3, 0.4) is 0 Å². The molecule has 0 spiro atoms. The van der Waals surface area contributed by atoms with Gasteiger partial charge >= 0.3 is 0 Å². The number of aromatic nitrogens is 2. The molecule has 0 fully saturated rings. The Labute approximate surface area is 225 Å². The number of rotatable bonds is 8. The number of anilines is 3. The van der Waals surface area contributed by atoms with Gasteiger partial charge in [-0.15, -0.1) is 0 Å². The number of hydrogen-bond acceptors (Lipinski definition) is 7. The van der Waals surface area contributed by atoms with Gasteiger partial charge in [-0.1, -0.05) is 6.08 Å². The van der Waals surface area contributed by atoms with E-state index in [4.69, 9.17) is 0 Å². The number of aromatic amines is 1. The van der Waals surface area contributed by atoms with Crippen molar-refractivity contribution in [2.45, 2.75) is 13.8 Å². The lowest BCUT2D eigenvalue weighted by Gasteiger charge is -2.12. The number of allylic oxidation sites excluding steroid dienone is 2. The van der Waals surface area contributed by atoms with Gasteiger partial charge in [-0.3, -0.25) is 24.1 Å². The number of H-pyrrole nitrogens is 1. The number of sulfonamides is 2. The maximum absolute atomic E-state index is 13.0. The monoisotopic (exact) mass is 570 g/mol. The van der Waals surface area contributed by atoms with Crippen LogP contribution in [0.2, 0.25) is 0 Å². The highest BCUT2D eigenvalue weighted by molar-refractivity contribution is 7.92. The summed E-state index contributed by atoms with van der Waals surface area (Å²) in [6, 6.07) is 12.5. The van der Waals surface area contributed by atoms with E-state index >= 15 is 0 Å². The molecule has 0 radical (unpaired) electrons. The van der Waals surface area contributed by atoms with Crippen LogP contribution >= 0.6 is 0 Å². The van der Waals surface area contributed by atoms with E-state index in [9.17, 15) is 26.4 Å². The summed E-state index contributed by atoms with van der Waals surface area (Å²) in [4.78, 5) is 26.0. The quantitative estimate of drug-likeness (QED) is 0.353. The average molecular weight is 571 g/mol. The maximum Gasteiger partial charge on any atom is 0.280 e. The van der Waals surface area contributed by atoms with Gasteiger partial charge in [0.25, 0.3) is 11.5 Å². The van der Waals surface area contributed by atoms with E-state index in [1.54, 1.807) is 68.5 Å².